The largest absolute Gasteiger partial charge is 0.379 e. The average Bonchev–Trinajstić information content (AvgIpc) is 2.23. The Morgan fingerprint density at radius 1 is 1.06 bits per heavy atom. The second-order valence-electron chi connectivity index (χ2n) is 5.41. The van der Waals surface area contributed by atoms with Gasteiger partial charge < -0.3 is 10.1 Å². The summed E-state index contributed by atoms with van der Waals surface area (Å²) in [6.45, 7) is 15.2. The van der Waals surface area contributed by atoms with Crippen molar-refractivity contribution in [3.63, 3.8) is 0 Å². The minimum absolute atomic E-state index is 0.351. The number of hydrogen-bond acceptors (Lipinski definition) is 2. The van der Waals surface area contributed by atoms with Crippen LogP contribution in [0.25, 0.3) is 0 Å². The van der Waals surface area contributed by atoms with Crippen LogP contribution in [0.3, 0.4) is 0 Å². The fraction of sp³-hybridized carbons (Fsp3) is 1.00. The van der Waals surface area contributed by atoms with Crippen molar-refractivity contribution < 1.29 is 4.74 Å². The third-order valence-corrected chi connectivity index (χ3v) is 3.47. The fourth-order valence-corrected chi connectivity index (χ4v) is 1.87. The highest BCUT2D eigenvalue weighted by Crippen LogP contribution is 2.30. The Kier molecular flexibility index (Phi) is 8.04. The van der Waals surface area contributed by atoms with E-state index in [2.05, 4.69) is 46.9 Å². The molecule has 2 heteroatoms. The van der Waals surface area contributed by atoms with E-state index in [4.69, 9.17) is 4.74 Å². The molecule has 0 aromatic carbocycles. The van der Waals surface area contributed by atoms with Crippen molar-refractivity contribution in [2.24, 2.45) is 5.41 Å². The van der Waals surface area contributed by atoms with Gasteiger partial charge in [-0.1, -0.05) is 27.7 Å². The molecule has 0 spiro atoms. The summed E-state index contributed by atoms with van der Waals surface area (Å²) in [5, 5.41) is 3.57. The van der Waals surface area contributed by atoms with Crippen molar-refractivity contribution >= 4 is 0 Å². The van der Waals surface area contributed by atoms with Gasteiger partial charge in [0.25, 0.3) is 0 Å². The Morgan fingerprint density at radius 3 is 2.00 bits per heavy atom. The van der Waals surface area contributed by atoms with Gasteiger partial charge in [0.2, 0.25) is 0 Å². The van der Waals surface area contributed by atoms with Gasteiger partial charge in [-0.3, -0.25) is 0 Å². The van der Waals surface area contributed by atoms with Gasteiger partial charge >= 0.3 is 0 Å². The maximum atomic E-state index is 5.68. The highest BCUT2D eigenvalue weighted by Gasteiger charge is 2.25. The molecule has 2 nitrogen and oxygen atoms in total. The molecule has 0 heterocycles. The van der Waals surface area contributed by atoms with E-state index in [-0.39, 0.29) is 0 Å². The van der Waals surface area contributed by atoms with Gasteiger partial charge in [0.15, 0.2) is 0 Å². The van der Waals surface area contributed by atoms with Gasteiger partial charge in [-0.25, -0.2) is 0 Å². The zero-order valence-electron chi connectivity index (χ0n) is 12.1. The number of nitrogens with one attached hydrogen (secondary N) is 1. The lowest BCUT2D eigenvalue weighted by atomic mass is 9.79. The Balaban J connectivity index is 4.10. The van der Waals surface area contributed by atoms with Crippen molar-refractivity contribution in [3.05, 3.63) is 0 Å². The number of rotatable bonds is 9. The average molecular weight is 229 g/mol. The quantitative estimate of drug-likeness (QED) is 0.652. The molecule has 0 aliphatic carbocycles. The second-order valence-corrected chi connectivity index (χ2v) is 5.41. The SMILES string of the molecule is CCC(CC)(CCOC(C)C)CNC(C)C. The molecule has 0 amide bonds. The Morgan fingerprint density at radius 2 is 1.62 bits per heavy atom. The zero-order valence-corrected chi connectivity index (χ0v) is 12.1. The highest BCUT2D eigenvalue weighted by molar-refractivity contribution is 4.79. The van der Waals surface area contributed by atoms with E-state index >= 15 is 0 Å². The molecule has 0 aromatic heterocycles. The van der Waals surface area contributed by atoms with Crippen molar-refractivity contribution in [1.82, 2.24) is 5.32 Å². The van der Waals surface area contributed by atoms with E-state index in [1.54, 1.807) is 0 Å². The molecular weight excluding hydrogens is 198 g/mol. The Hall–Kier alpha value is -0.0800. The topological polar surface area (TPSA) is 21.3 Å². The molecule has 98 valence electrons. The Labute approximate surface area is 102 Å². The molecule has 0 atom stereocenters. The predicted octanol–water partition coefficient (Wildman–Crippen LogP) is 3.61. The van der Waals surface area contributed by atoms with E-state index in [9.17, 15) is 0 Å². The first-order chi connectivity index (χ1) is 7.45. The van der Waals surface area contributed by atoms with Crippen LogP contribution in [-0.2, 0) is 4.74 Å². The summed E-state index contributed by atoms with van der Waals surface area (Å²) >= 11 is 0. The molecule has 0 aliphatic heterocycles. The van der Waals surface area contributed by atoms with Gasteiger partial charge in [-0.05, 0) is 38.5 Å². The minimum Gasteiger partial charge on any atom is -0.379 e. The monoisotopic (exact) mass is 229 g/mol. The van der Waals surface area contributed by atoms with Gasteiger partial charge in [-0.2, -0.15) is 0 Å². The van der Waals surface area contributed by atoms with E-state index in [0.29, 0.717) is 17.6 Å². The van der Waals surface area contributed by atoms with E-state index in [0.717, 1.165) is 19.6 Å². The molecule has 0 unspecified atom stereocenters. The van der Waals surface area contributed by atoms with Crippen LogP contribution in [-0.4, -0.2) is 25.3 Å². The molecular formula is C14H31NO. The van der Waals surface area contributed by atoms with Crippen LogP contribution >= 0.6 is 0 Å². The second kappa shape index (κ2) is 8.08. The summed E-state index contributed by atoms with van der Waals surface area (Å²) < 4.78 is 5.68. The van der Waals surface area contributed by atoms with Crippen LogP contribution in [0.2, 0.25) is 0 Å². The van der Waals surface area contributed by atoms with Crippen LogP contribution in [0.1, 0.15) is 60.8 Å². The smallest absolute Gasteiger partial charge is 0.0518 e. The lowest BCUT2D eigenvalue weighted by Gasteiger charge is -2.33. The summed E-state index contributed by atoms with van der Waals surface area (Å²) in [5.74, 6) is 0. The van der Waals surface area contributed by atoms with Crippen LogP contribution < -0.4 is 5.32 Å². The van der Waals surface area contributed by atoms with Crippen LogP contribution in [0.15, 0.2) is 0 Å². The fourth-order valence-electron chi connectivity index (χ4n) is 1.87. The zero-order chi connectivity index (χ0) is 12.6. The van der Waals surface area contributed by atoms with Crippen molar-refractivity contribution in [2.75, 3.05) is 13.2 Å². The van der Waals surface area contributed by atoms with Crippen molar-refractivity contribution in [1.29, 1.82) is 0 Å². The van der Waals surface area contributed by atoms with E-state index < -0.39 is 0 Å². The van der Waals surface area contributed by atoms with Crippen LogP contribution in [0.5, 0.6) is 0 Å². The highest BCUT2D eigenvalue weighted by atomic mass is 16.5. The molecule has 0 aromatic rings. The van der Waals surface area contributed by atoms with Crippen molar-refractivity contribution in [3.8, 4) is 0 Å². The summed E-state index contributed by atoms with van der Waals surface area (Å²) in [6.07, 6.45) is 3.97. The third-order valence-electron chi connectivity index (χ3n) is 3.47. The number of hydrogen-bond donors (Lipinski definition) is 1. The first kappa shape index (κ1) is 15.9. The minimum atomic E-state index is 0.351. The molecule has 0 saturated heterocycles. The number of ether oxygens (including phenoxy) is 1. The van der Waals surface area contributed by atoms with Gasteiger partial charge in [0, 0.05) is 19.2 Å². The maximum Gasteiger partial charge on any atom is 0.0518 e. The van der Waals surface area contributed by atoms with Gasteiger partial charge in [0.1, 0.15) is 0 Å². The Bertz CT molecular complexity index is 162. The van der Waals surface area contributed by atoms with Crippen LogP contribution in [0, 0.1) is 5.41 Å². The van der Waals surface area contributed by atoms with E-state index in [1.807, 2.05) is 0 Å². The summed E-state index contributed by atoms with van der Waals surface area (Å²) in [4.78, 5) is 0. The molecule has 0 saturated carbocycles. The maximum absolute atomic E-state index is 5.68. The third kappa shape index (κ3) is 6.49. The molecule has 0 radical (unpaired) electrons. The van der Waals surface area contributed by atoms with Crippen molar-refractivity contribution in [2.45, 2.75) is 73.0 Å². The summed E-state index contributed by atoms with van der Waals surface area (Å²) in [6, 6.07) is 0.573. The van der Waals surface area contributed by atoms with Gasteiger partial charge in [-0.15, -0.1) is 0 Å². The summed E-state index contributed by atoms with van der Waals surface area (Å²) in [5.41, 5.74) is 0.416. The molecule has 0 aliphatic rings. The predicted molar refractivity (Wildman–Crippen MR) is 71.9 cm³/mol. The lowest BCUT2D eigenvalue weighted by Crippen LogP contribution is -2.38. The molecule has 0 rings (SSSR count). The first-order valence-electron chi connectivity index (χ1n) is 6.80. The van der Waals surface area contributed by atoms with Crippen LogP contribution in [0.4, 0.5) is 0 Å². The molecule has 16 heavy (non-hydrogen) atoms. The molecule has 1 N–H and O–H groups in total. The first-order valence-corrected chi connectivity index (χ1v) is 6.80. The van der Waals surface area contributed by atoms with Gasteiger partial charge in [0.05, 0.1) is 6.10 Å². The lowest BCUT2D eigenvalue weighted by molar-refractivity contribution is 0.0472. The standard InChI is InChI=1S/C14H31NO/c1-7-14(8-2,11-15-12(3)4)9-10-16-13(5)6/h12-13,15H,7-11H2,1-6H3. The summed E-state index contributed by atoms with van der Waals surface area (Å²) in [7, 11) is 0. The molecule has 0 fully saturated rings. The normalized spacial score (nSPS) is 12.8. The van der Waals surface area contributed by atoms with E-state index in [1.165, 1.54) is 12.8 Å². The molecule has 0 bridgehead atoms.